The lowest BCUT2D eigenvalue weighted by atomic mass is 10.2. The summed E-state index contributed by atoms with van der Waals surface area (Å²) in [7, 11) is 4.18. The Labute approximate surface area is 122 Å². The van der Waals surface area contributed by atoms with Crippen molar-refractivity contribution in [2.75, 3.05) is 33.8 Å². The van der Waals surface area contributed by atoms with Gasteiger partial charge in [0.25, 0.3) is 0 Å². The van der Waals surface area contributed by atoms with Gasteiger partial charge in [0, 0.05) is 13.0 Å². The van der Waals surface area contributed by atoms with Crippen LogP contribution in [0.3, 0.4) is 0 Å². The van der Waals surface area contributed by atoms with Crippen LogP contribution in [0.25, 0.3) is 0 Å². The maximum atomic E-state index is 8.47. The monoisotopic (exact) mass is 275 g/mol. The minimum absolute atomic E-state index is 0.549. The predicted molar refractivity (Wildman–Crippen MR) is 81.7 cm³/mol. The number of rotatable bonds is 10. The Morgan fingerprint density at radius 2 is 2.15 bits per heavy atom. The predicted octanol–water partition coefficient (Wildman–Crippen LogP) is 2.41. The summed E-state index contributed by atoms with van der Waals surface area (Å²) in [6.07, 6.45) is 2.48. The molecule has 1 aromatic rings. The van der Waals surface area contributed by atoms with E-state index in [0.29, 0.717) is 13.0 Å². The molecule has 0 aromatic heterocycles. The van der Waals surface area contributed by atoms with Crippen molar-refractivity contribution in [3.63, 3.8) is 0 Å². The molecule has 0 saturated heterocycles. The molecular weight excluding hydrogens is 250 g/mol. The smallest absolute Gasteiger partial charge is 0.119 e. The number of nitrogens with zero attached hydrogens (tertiary/aromatic N) is 2. The second-order valence-electron chi connectivity index (χ2n) is 5.09. The van der Waals surface area contributed by atoms with Crippen molar-refractivity contribution < 1.29 is 4.74 Å². The Balaban J connectivity index is 2.23. The van der Waals surface area contributed by atoms with Crippen LogP contribution < -0.4 is 10.1 Å². The molecule has 0 heterocycles. The van der Waals surface area contributed by atoms with E-state index < -0.39 is 0 Å². The number of benzene rings is 1. The highest BCUT2D eigenvalue weighted by atomic mass is 16.5. The van der Waals surface area contributed by atoms with E-state index in [2.05, 4.69) is 42.5 Å². The summed E-state index contributed by atoms with van der Waals surface area (Å²) in [4.78, 5) is 2.19. The standard InChI is InChI=1S/C16H25N3O/c1-19(2)11-6-10-18-14-15-7-5-8-16(13-15)20-12-4-3-9-17/h5,7-8,13,18H,3-4,6,10-12,14H2,1-2H3. The molecular formula is C16H25N3O. The average Bonchev–Trinajstić information content (AvgIpc) is 2.43. The Bertz CT molecular complexity index is 412. The van der Waals surface area contributed by atoms with Crippen molar-refractivity contribution in [2.45, 2.75) is 25.8 Å². The van der Waals surface area contributed by atoms with Gasteiger partial charge in [0.2, 0.25) is 0 Å². The van der Waals surface area contributed by atoms with Crippen molar-refractivity contribution in [1.82, 2.24) is 10.2 Å². The summed E-state index contributed by atoms with van der Waals surface area (Å²) in [5, 5.41) is 11.9. The number of unbranched alkanes of at least 4 members (excludes halogenated alkanes) is 1. The van der Waals surface area contributed by atoms with Crippen LogP contribution in [0.15, 0.2) is 24.3 Å². The number of ether oxygens (including phenoxy) is 1. The van der Waals surface area contributed by atoms with E-state index in [9.17, 15) is 0 Å². The summed E-state index contributed by atoms with van der Waals surface area (Å²) >= 11 is 0. The van der Waals surface area contributed by atoms with Crippen LogP contribution in [0, 0.1) is 11.3 Å². The maximum absolute atomic E-state index is 8.47. The highest BCUT2D eigenvalue weighted by Crippen LogP contribution is 2.13. The molecule has 4 heteroatoms. The molecule has 0 unspecified atom stereocenters. The molecule has 0 radical (unpaired) electrons. The van der Waals surface area contributed by atoms with Gasteiger partial charge in [-0.05, 0) is 57.7 Å². The van der Waals surface area contributed by atoms with Gasteiger partial charge >= 0.3 is 0 Å². The molecule has 1 N–H and O–H groups in total. The first-order valence-corrected chi connectivity index (χ1v) is 7.16. The van der Waals surface area contributed by atoms with Gasteiger partial charge in [-0.2, -0.15) is 5.26 Å². The van der Waals surface area contributed by atoms with Gasteiger partial charge in [-0.1, -0.05) is 12.1 Å². The molecule has 0 amide bonds. The molecule has 1 rings (SSSR count). The highest BCUT2D eigenvalue weighted by Gasteiger charge is 1.98. The van der Waals surface area contributed by atoms with E-state index in [-0.39, 0.29) is 0 Å². The summed E-state index contributed by atoms with van der Waals surface area (Å²) in [5.74, 6) is 0.885. The fourth-order valence-electron chi connectivity index (χ4n) is 1.84. The molecule has 0 fully saturated rings. The number of hydrogen-bond acceptors (Lipinski definition) is 4. The van der Waals surface area contributed by atoms with E-state index in [1.807, 2.05) is 12.1 Å². The third kappa shape index (κ3) is 7.78. The number of nitriles is 1. The maximum Gasteiger partial charge on any atom is 0.119 e. The Kier molecular flexibility index (Phi) is 8.44. The van der Waals surface area contributed by atoms with E-state index in [0.717, 1.165) is 38.2 Å². The van der Waals surface area contributed by atoms with E-state index >= 15 is 0 Å². The second-order valence-corrected chi connectivity index (χ2v) is 5.09. The average molecular weight is 275 g/mol. The zero-order valence-electron chi connectivity index (χ0n) is 12.6. The molecule has 20 heavy (non-hydrogen) atoms. The molecule has 1 aromatic carbocycles. The van der Waals surface area contributed by atoms with Crippen LogP contribution in [0.4, 0.5) is 0 Å². The topological polar surface area (TPSA) is 48.3 Å². The van der Waals surface area contributed by atoms with Crippen LogP contribution in [-0.2, 0) is 6.54 Å². The molecule has 0 aliphatic heterocycles. The van der Waals surface area contributed by atoms with Crippen LogP contribution in [-0.4, -0.2) is 38.7 Å². The van der Waals surface area contributed by atoms with Gasteiger partial charge in [-0.25, -0.2) is 0 Å². The third-order valence-corrected chi connectivity index (χ3v) is 2.89. The second kappa shape index (κ2) is 10.2. The van der Waals surface area contributed by atoms with Gasteiger partial charge < -0.3 is 15.0 Å². The molecule has 0 bridgehead atoms. The Morgan fingerprint density at radius 3 is 2.90 bits per heavy atom. The van der Waals surface area contributed by atoms with Crippen molar-refractivity contribution in [2.24, 2.45) is 0 Å². The molecule has 0 spiro atoms. The minimum atomic E-state index is 0.549. The Hall–Kier alpha value is -1.57. The quantitative estimate of drug-likeness (QED) is 0.666. The fraction of sp³-hybridized carbons (Fsp3) is 0.562. The van der Waals surface area contributed by atoms with Crippen molar-refractivity contribution in [3.05, 3.63) is 29.8 Å². The van der Waals surface area contributed by atoms with Crippen molar-refractivity contribution in [1.29, 1.82) is 5.26 Å². The lowest BCUT2D eigenvalue weighted by molar-refractivity contribution is 0.312. The molecule has 4 nitrogen and oxygen atoms in total. The largest absolute Gasteiger partial charge is 0.494 e. The van der Waals surface area contributed by atoms with Crippen molar-refractivity contribution >= 4 is 0 Å². The zero-order valence-corrected chi connectivity index (χ0v) is 12.6. The van der Waals surface area contributed by atoms with Gasteiger partial charge in [0.15, 0.2) is 0 Å². The Morgan fingerprint density at radius 1 is 1.30 bits per heavy atom. The van der Waals surface area contributed by atoms with Crippen LogP contribution >= 0.6 is 0 Å². The van der Waals surface area contributed by atoms with Gasteiger partial charge in [-0.3, -0.25) is 0 Å². The minimum Gasteiger partial charge on any atom is -0.494 e. The molecule has 110 valence electrons. The van der Waals surface area contributed by atoms with Crippen molar-refractivity contribution in [3.8, 4) is 11.8 Å². The number of hydrogen-bond donors (Lipinski definition) is 1. The SMILES string of the molecule is CN(C)CCCNCc1cccc(OCCCC#N)c1. The highest BCUT2D eigenvalue weighted by molar-refractivity contribution is 5.28. The first-order valence-electron chi connectivity index (χ1n) is 7.16. The molecule has 0 saturated carbocycles. The lowest BCUT2D eigenvalue weighted by Gasteiger charge is -2.10. The van der Waals surface area contributed by atoms with Crippen LogP contribution in [0.1, 0.15) is 24.8 Å². The summed E-state index contributed by atoms with van der Waals surface area (Å²) in [5.41, 5.74) is 1.23. The van der Waals surface area contributed by atoms with E-state index in [4.69, 9.17) is 10.00 Å². The van der Waals surface area contributed by atoms with Crippen LogP contribution in [0.5, 0.6) is 5.75 Å². The van der Waals surface area contributed by atoms with Gasteiger partial charge in [0.05, 0.1) is 12.7 Å². The molecule has 0 aliphatic rings. The van der Waals surface area contributed by atoms with E-state index in [1.54, 1.807) is 0 Å². The first-order chi connectivity index (χ1) is 9.72. The third-order valence-electron chi connectivity index (χ3n) is 2.89. The van der Waals surface area contributed by atoms with E-state index in [1.165, 1.54) is 5.56 Å². The molecule has 0 atom stereocenters. The number of nitrogens with one attached hydrogen (secondary N) is 1. The van der Waals surface area contributed by atoms with Gasteiger partial charge in [0.1, 0.15) is 5.75 Å². The lowest BCUT2D eigenvalue weighted by Crippen LogP contribution is -2.21. The van der Waals surface area contributed by atoms with Crippen LogP contribution in [0.2, 0.25) is 0 Å². The fourth-order valence-corrected chi connectivity index (χ4v) is 1.84. The first kappa shape index (κ1) is 16.5. The summed E-state index contributed by atoms with van der Waals surface area (Å²) < 4.78 is 5.62. The molecule has 0 aliphatic carbocycles. The zero-order chi connectivity index (χ0) is 14.6. The van der Waals surface area contributed by atoms with Gasteiger partial charge in [-0.15, -0.1) is 0 Å². The summed E-state index contributed by atoms with van der Waals surface area (Å²) in [6, 6.07) is 10.2. The normalized spacial score (nSPS) is 10.5. The summed E-state index contributed by atoms with van der Waals surface area (Å²) in [6.45, 7) is 3.59.